The van der Waals surface area contributed by atoms with E-state index in [9.17, 15) is 0 Å². The van der Waals surface area contributed by atoms with Crippen molar-refractivity contribution in [2.24, 2.45) is 0 Å². The standard InChI is InChI=1S/C14H17BrN2O/c1-11-4-6-18-7-5-17(11)10-13-3-2-12(9-16)8-14(13)15/h2-3,8,11H,4-7,10H2,1H3. The van der Waals surface area contributed by atoms with Gasteiger partial charge in [0, 0.05) is 30.2 Å². The van der Waals surface area contributed by atoms with E-state index in [-0.39, 0.29) is 0 Å². The Balaban J connectivity index is 2.10. The molecule has 0 radical (unpaired) electrons. The molecule has 1 aromatic carbocycles. The highest BCUT2D eigenvalue weighted by Gasteiger charge is 2.18. The van der Waals surface area contributed by atoms with E-state index in [4.69, 9.17) is 10.00 Å². The smallest absolute Gasteiger partial charge is 0.0992 e. The molecule has 1 saturated heterocycles. The van der Waals surface area contributed by atoms with Crippen LogP contribution in [0.2, 0.25) is 0 Å². The summed E-state index contributed by atoms with van der Waals surface area (Å²) in [6.07, 6.45) is 1.08. The number of nitriles is 1. The minimum absolute atomic E-state index is 0.537. The van der Waals surface area contributed by atoms with E-state index in [0.29, 0.717) is 11.6 Å². The van der Waals surface area contributed by atoms with Gasteiger partial charge in [-0.25, -0.2) is 0 Å². The molecule has 96 valence electrons. The number of hydrogen-bond donors (Lipinski definition) is 0. The molecule has 3 nitrogen and oxygen atoms in total. The minimum atomic E-state index is 0.537. The van der Waals surface area contributed by atoms with Crippen molar-refractivity contribution < 1.29 is 4.74 Å². The number of halogens is 1. The van der Waals surface area contributed by atoms with Gasteiger partial charge in [-0.15, -0.1) is 0 Å². The summed E-state index contributed by atoms with van der Waals surface area (Å²) in [4.78, 5) is 2.43. The van der Waals surface area contributed by atoms with Gasteiger partial charge in [-0.1, -0.05) is 22.0 Å². The molecule has 4 heteroatoms. The fourth-order valence-electron chi connectivity index (χ4n) is 2.14. The first-order chi connectivity index (χ1) is 8.70. The van der Waals surface area contributed by atoms with Gasteiger partial charge in [0.15, 0.2) is 0 Å². The molecule has 0 aromatic heterocycles. The lowest BCUT2D eigenvalue weighted by atomic mass is 10.1. The van der Waals surface area contributed by atoms with Crippen molar-refractivity contribution in [3.8, 4) is 6.07 Å². The maximum Gasteiger partial charge on any atom is 0.0992 e. The topological polar surface area (TPSA) is 36.3 Å². The highest BCUT2D eigenvalue weighted by molar-refractivity contribution is 9.10. The summed E-state index contributed by atoms with van der Waals surface area (Å²) >= 11 is 3.55. The maximum absolute atomic E-state index is 8.86. The summed E-state index contributed by atoms with van der Waals surface area (Å²) in [5.41, 5.74) is 1.92. The fourth-order valence-corrected chi connectivity index (χ4v) is 2.64. The van der Waals surface area contributed by atoms with Gasteiger partial charge in [0.1, 0.15) is 0 Å². The highest BCUT2D eigenvalue weighted by Crippen LogP contribution is 2.22. The molecule has 0 saturated carbocycles. The van der Waals surface area contributed by atoms with Gasteiger partial charge in [0.05, 0.1) is 18.2 Å². The van der Waals surface area contributed by atoms with Crippen molar-refractivity contribution in [3.63, 3.8) is 0 Å². The quantitative estimate of drug-likeness (QED) is 0.843. The van der Waals surface area contributed by atoms with Crippen LogP contribution < -0.4 is 0 Å². The van der Waals surface area contributed by atoms with E-state index in [2.05, 4.69) is 33.8 Å². The third kappa shape index (κ3) is 3.32. The monoisotopic (exact) mass is 308 g/mol. The second kappa shape index (κ2) is 6.33. The maximum atomic E-state index is 8.86. The molecule has 2 rings (SSSR count). The Kier molecular flexibility index (Phi) is 4.76. The van der Waals surface area contributed by atoms with Gasteiger partial charge in [-0.3, -0.25) is 4.90 Å². The lowest BCUT2D eigenvalue weighted by Gasteiger charge is -2.26. The normalized spacial score (nSPS) is 21.3. The predicted octanol–water partition coefficient (Wildman–Crippen LogP) is 2.93. The first-order valence-corrected chi connectivity index (χ1v) is 7.00. The van der Waals surface area contributed by atoms with Crippen molar-refractivity contribution in [1.82, 2.24) is 4.90 Å². The van der Waals surface area contributed by atoms with E-state index in [1.807, 2.05) is 18.2 Å². The number of rotatable bonds is 2. The average Bonchev–Trinajstić information content (AvgIpc) is 2.57. The summed E-state index contributed by atoms with van der Waals surface area (Å²) < 4.78 is 6.52. The Morgan fingerprint density at radius 2 is 2.33 bits per heavy atom. The van der Waals surface area contributed by atoms with Crippen LogP contribution in [0.25, 0.3) is 0 Å². The summed E-state index contributed by atoms with van der Waals surface area (Å²) in [6, 6.07) is 8.48. The van der Waals surface area contributed by atoms with Crippen LogP contribution in [0.3, 0.4) is 0 Å². The second-order valence-electron chi connectivity index (χ2n) is 4.64. The number of benzene rings is 1. The van der Waals surface area contributed by atoms with Crippen LogP contribution >= 0.6 is 15.9 Å². The van der Waals surface area contributed by atoms with Crippen LogP contribution in [-0.2, 0) is 11.3 Å². The zero-order valence-corrected chi connectivity index (χ0v) is 12.1. The lowest BCUT2D eigenvalue weighted by Crippen LogP contribution is -2.33. The molecule has 1 aromatic rings. The van der Waals surface area contributed by atoms with Crippen LogP contribution in [0.5, 0.6) is 0 Å². The Hall–Kier alpha value is -0.890. The predicted molar refractivity (Wildman–Crippen MR) is 74.2 cm³/mol. The summed E-state index contributed by atoms with van der Waals surface area (Å²) in [5, 5.41) is 8.86. The van der Waals surface area contributed by atoms with Gasteiger partial charge in [0.25, 0.3) is 0 Å². The van der Waals surface area contributed by atoms with Gasteiger partial charge >= 0.3 is 0 Å². The van der Waals surface area contributed by atoms with Crippen molar-refractivity contribution >= 4 is 15.9 Å². The Morgan fingerprint density at radius 3 is 3.06 bits per heavy atom. The minimum Gasteiger partial charge on any atom is -0.380 e. The van der Waals surface area contributed by atoms with Crippen LogP contribution in [0.1, 0.15) is 24.5 Å². The zero-order valence-electron chi connectivity index (χ0n) is 10.5. The zero-order chi connectivity index (χ0) is 13.0. The van der Waals surface area contributed by atoms with Crippen LogP contribution in [0.4, 0.5) is 0 Å². The molecule has 0 amide bonds. The van der Waals surface area contributed by atoms with Gasteiger partial charge in [-0.2, -0.15) is 5.26 Å². The Labute approximate surface area is 116 Å². The molecule has 1 unspecified atom stereocenters. The third-order valence-electron chi connectivity index (χ3n) is 3.38. The molecule has 0 N–H and O–H groups in total. The van der Waals surface area contributed by atoms with Gasteiger partial charge < -0.3 is 4.74 Å². The SMILES string of the molecule is CC1CCOCCN1Cc1ccc(C#N)cc1Br. The molecular weight excluding hydrogens is 292 g/mol. The van der Waals surface area contributed by atoms with Crippen molar-refractivity contribution in [2.75, 3.05) is 19.8 Å². The molecule has 1 aliphatic heterocycles. The molecule has 0 spiro atoms. The largest absolute Gasteiger partial charge is 0.380 e. The Bertz CT molecular complexity index is 456. The van der Waals surface area contributed by atoms with Crippen molar-refractivity contribution in [3.05, 3.63) is 33.8 Å². The first kappa shape index (κ1) is 13.5. The van der Waals surface area contributed by atoms with Gasteiger partial charge in [0.2, 0.25) is 0 Å². The van der Waals surface area contributed by atoms with E-state index in [1.54, 1.807) is 0 Å². The van der Waals surface area contributed by atoms with Crippen LogP contribution in [0, 0.1) is 11.3 Å². The van der Waals surface area contributed by atoms with E-state index >= 15 is 0 Å². The molecule has 0 aliphatic carbocycles. The van der Waals surface area contributed by atoms with Crippen molar-refractivity contribution in [2.45, 2.75) is 25.9 Å². The first-order valence-electron chi connectivity index (χ1n) is 6.21. The lowest BCUT2D eigenvalue weighted by molar-refractivity contribution is 0.139. The number of hydrogen-bond acceptors (Lipinski definition) is 3. The Morgan fingerprint density at radius 1 is 1.50 bits per heavy atom. The van der Waals surface area contributed by atoms with Crippen molar-refractivity contribution in [1.29, 1.82) is 5.26 Å². The van der Waals surface area contributed by atoms with Crippen LogP contribution in [-0.4, -0.2) is 30.7 Å². The van der Waals surface area contributed by atoms with E-state index in [0.717, 1.165) is 37.2 Å². The van der Waals surface area contributed by atoms with Gasteiger partial charge in [-0.05, 0) is 31.0 Å². The summed E-state index contributed by atoms with van der Waals surface area (Å²) in [7, 11) is 0. The van der Waals surface area contributed by atoms with E-state index < -0.39 is 0 Å². The van der Waals surface area contributed by atoms with E-state index in [1.165, 1.54) is 5.56 Å². The summed E-state index contributed by atoms with van der Waals surface area (Å²) in [6.45, 7) is 5.76. The highest BCUT2D eigenvalue weighted by atomic mass is 79.9. The molecule has 1 atom stereocenters. The molecule has 0 bridgehead atoms. The molecule has 1 heterocycles. The molecule has 1 fully saturated rings. The van der Waals surface area contributed by atoms with Crippen LogP contribution in [0.15, 0.2) is 22.7 Å². The molecular formula is C14H17BrN2O. The second-order valence-corrected chi connectivity index (χ2v) is 5.49. The number of nitrogens with zero attached hydrogens (tertiary/aromatic N) is 2. The third-order valence-corrected chi connectivity index (χ3v) is 4.12. The molecule has 18 heavy (non-hydrogen) atoms. The molecule has 1 aliphatic rings. The summed E-state index contributed by atoms with van der Waals surface area (Å²) in [5.74, 6) is 0. The number of ether oxygens (including phenoxy) is 1. The fraction of sp³-hybridized carbons (Fsp3) is 0.500. The average molecular weight is 309 g/mol.